The van der Waals surface area contributed by atoms with Gasteiger partial charge in [-0.05, 0) is 61.2 Å². The summed E-state index contributed by atoms with van der Waals surface area (Å²) in [6, 6.07) is 0. The number of thioether (sulfide) groups is 8. The minimum absolute atomic E-state index is 0.152. The molecule has 204 valence electrons. The van der Waals surface area contributed by atoms with Gasteiger partial charge in [0.1, 0.15) is 0 Å². The van der Waals surface area contributed by atoms with E-state index in [0.717, 1.165) is 23.3 Å². The molecule has 2 saturated heterocycles. The highest BCUT2D eigenvalue weighted by atomic mass is 32.2. The molecule has 1 aliphatic carbocycles. The van der Waals surface area contributed by atoms with E-state index in [0.29, 0.717) is 30.8 Å². The van der Waals surface area contributed by atoms with Crippen molar-refractivity contribution in [1.29, 1.82) is 0 Å². The molecule has 0 amide bonds. The molecule has 2 aliphatic heterocycles. The van der Waals surface area contributed by atoms with Crippen LogP contribution in [0.3, 0.4) is 0 Å². The summed E-state index contributed by atoms with van der Waals surface area (Å²) in [5.74, 6) is 11.1. The molecule has 0 radical (unpaired) electrons. The molecule has 1 saturated carbocycles. The molecule has 36 heavy (non-hydrogen) atoms. The SMILES string of the molecule is C=C(C)C(=O)SCC1CSC(CSCC2CCCCC2CSCC2SCC(CSC(=O)C(=C)C)S2)S1. The zero-order chi connectivity index (χ0) is 25.9. The molecular formula is C26H40O2S8. The molecule has 6 atom stereocenters. The lowest BCUT2D eigenvalue weighted by Crippen LogP contribution is -2.24. The van der Waals surface area contributed by atoms with Gasteiger partial charge in [0.2, 0.25) is 10.2 Å². The molecule has 10 heteroatoms. The summed E-state index contributed by atoms with van der Waals surface area (Å²) in [6.45, 7) is 11.1. The van der Waals surface area contributed by atoms with Crippen molar-refractivity contribution in [2.75, 3.05) is 46.0 Å². The Morgan fingerprint density at radius 1 is 0.694 bits per heavy atom. The van der Waals surface area contributed by atoms with E-state index in [-0.39, 0.29) is 10.2 Å². The van der Waals surface area contributed by atoms with Crippen molar-refractivity contribution in [2.24, 2.45) is 11.8 Å². The summed E-state index contributed by atoms with van der Waals surface area (Å²) in [5.41, 5.74) is 1.33. The Hall–Kier alpha value is 1.62. The lowest BCUT2D eigenvalue weighted by molar-refractivity contribution is -0.108. The molecule has 3 aliphatic rings. The van der Waals surface area contributed by atoms with Gasteiger partial charge in [-0.3, -0.25) is 9.59 Å². The number of rotatable bonds is 14. The minimum Gasteiger partial charge on any atom is -0.282 e. The van der Waals surface area contributed by atoms with Crippen molar-refractivity contribution >= 4 is 104 Å². The van der Waals surface area contributed by atoms with Crippen molar-refractivity contribution in [3.8, 4) is 0 Å². The Morgan fingerprint density at radius 2 is 1.11 bits per heavy atom. The highest BCUT2D eigenvalue weighted by Crippen LogP contribution is 2.44. The predicted molar refractivity (Wildman–Crippen MR) is 180 cm³/mol. The topological polar surface area (TPSA) is 34.1 Å². The summed E-state index contributed by atoms with van der Waals surface area (Å²) in [6.07, 6.45) is 5.64. The predicted octanol–water partition coefficient (Wildman–Crippen LogP) is 8.28. The van der Waals surface area contributed by atoms with E-state index < -0.39 is 0 Å². The zero-order valence-corrected chi connectivity index (χ0v) is 28.0. The van der Waals surface area contributed by atoms with Crippen LogP contribution in [0.2, 0.25) is 0 Å². The Labute approximate surface area is 253 Å². The lowest BCUT2D eigenvalue weighted by Gasteiger charge is -2.31. The maximum atomic E-state index is 11.8. The van der Waals surface area contributed by atoms with E-state index in [2.05, 4.69) is 83.7 Å². The van der Waals surface area contributed by atoms with Gasteiger partial charge in [0.05, 0.1) is 9.16 Å². The monoisotopic (exact) mass is 640 g/mol. The van der Waals surface area contributed by atoms with Crippen LogP contribution in [0.15, 0.2) is 24.3 Å². The van der Waals surface area contributed by atoms with Gasteiger partial charge >= 0.3 is 0 Å². The lowest BCUT2D eigenvalue weighted by atomic mass is 9.81. The van der Waals surface area contributed by atoms with E-state index in [4.69, 9.17) is 0 Å². The standard InChI is InChI=1S/C26H40O2S8/c1-17(2)25(27)33-13-21-11-31-23(35-21)15-29-9-19-7-5-6-8-20(19)10-30-16-24-32-12-22(36-24)14-34-26(28)18(3)4/h19-24H,1,3,5-16H2,2,4H3. The third-order valence-corrected chi connectivity index (χ3v) is 19.0. The second-order valence-corrected chi connectivity index (χ2v) is 19.9. The first-order valence-corrected chi connectivity index (χ1v) is 20.9. The average Bonchev–Trinajstić information content (AvgIpc) is 3.51. The molecule has 2 heterocycles. The summed E-state index contributed by atoms with van der Waals surface area (Å²) in [4.78, 5) is 23.6. The van der Waals surface area contributed by atoms with Gasteiger partial charge in [0.15, 0.2) is 0 Å². The smallest absolute Gasteiger partial charge is 0.214 e. The number of carbonyl (C=O) groups excluding carboxylic acids is 2. The van der Waals surface area contributed by atoms with Gasteiger partial charge in [-0.15, -0.1) is 47.0 Å². The Bertz CT molecular complexity index is 698. The first kappa shape index (κ1) is 32.1. The Balaban J connectivity index is 1.28. The van der Waals surface area contributed by atoms with Crippen molar-refractivity contribution in [3.05, 3.63) is 24.3 Å². The van der Waals surface area contributed by atoms with Crippen molar-refractivity contribution < 1.29 is 9.59 Å². The summed E-state index contributed by atoms with van der Waals surface area (Å²) >= 11 is 15.6. The van der Waals surface area contributed by atoms with Crippen molar-refractivity contribution in [3.63, 3.8) is 0 Å². The van der Waals surface area contributed by atoms with Gasteiger partial charge in [0, 0.05) is 45.0 Å². The fourth-order valence-corrected chi connectivity index (χ4v) is 16.8. The van der Waals surface area contributed by atoms with Crippen LogP contribution in [-0.2, 0) is 9.59 Å². The molecule has 0 aromatic carbocycles. The molecule has 0 aromatic heterocycles. The maximum Gasteiger partial charge on any atom is 0.214 e. The molecule has 0 bridgehead atoms. The van der Waals surface area contributed by atoms with Crippen LogP contribution in [0.1, 0.15) is 39.5 Å². The largest absolute Gasteiger partial charge is 0.282 e. The second-order valence-electron chi connectivity index (χ2n) is 9.68. The average molecular weight is 641 g/mol. The zero-order valence-electron chi connectivity index (χ0n) is 21.4. The first-order valence-electron chi connectivity index (χ1n) is 12.7. The molecule has 6 unspecified atom stereocenters. The second kappa shape index (κ2) is 17.4. The number of hydrogen-bond donors (Lipinski definition) is 0. The Kier molecular flexibility index (Phi) is 15.6. The van der Waals surface area contributed by atoms with E-state index in [1.54, 1.807) is 13.8 Å². The first-order chi connectivity index (χ1) is 17.3. The van der Waals surface area contributed by atoms with Crippen LogP contribution in [0.25, 0.3) is 0 Å². The van der Waals surface area contributed by atoms with Crippen LogP contribution in [-0.4, -0.2) is 75.9 Å². The highest BCUT2D eigenvalue weighted by molar-refractivity contribution is 8.23. The van der Waals surface area contributed by atoms with E-state index in [9.17, 15) is 9.59 Å². The fourth-order valence-electron chi connectivity index (χ4n) is 4.30. The van der Waals surface area contributed by atoms with Crippen molar-refractivity contribution in [1.82, 2.24) is 0 Å². The highest BCUT2D eigenvalue weighted by Gasteiger charge is 2.30. The van der Waals surface area contributed by atoms with Crippen LogP contribution >= 0.6 is 94.1 Å². The minimum atomic E-state index is 0.152. The van der Waals surface area contributed by atoms with Gasteiger partial charge in [-0.25, -0.2) is 0 Å². The third kappa shape index (κ3) is 11.6. The van der Waals surface area contributed by atoms with Crippen molar-refractivity contribution in [2.45, 2.75) is 59.2 Å². The van der Waals surface area contributed by atoms with Gasteiger partial charge < -0.3 is 0 Å². The molecule has 0 N–H and O–H groups in total. The number of hydrogen-bond acceptors (Lipinski definition) is 10. The van der Waals surface area contributed by atoms with Crippen LogP contribution in [0, 0.1) is 11.8 Å². The van der Waals surface area contributed by atoms with Gasteiger partial charge in [0.25, 0.3) is 0 Å². The van der Waals surface area contributed by atoms with Crippen LogP contribution in [0.4, 0.5) is 0 Å². The maximum absolute atomic E-state index is 11.8. The molecule has 3 fully saturated rings. The fraction of sp³-hybridized carbons (Fsp3) is 0.769. The summed E-state index contributed by atoms with van der Waals surface area (Å²) < 4.78 is 1.37. The summed E-state index contributed by atoms with van der Waals surface area (Å²) in [5, 5.41) is 1.50. The van der Waals surface area contributed by atoms with Gasteiger partial charge in [-0.2, -0.15) is 23.5 Å². The van der Waals surface area contributed by atoms with E-state index >= 15 is 0 Å². The normalized spacial score (nSPS) is 30.4. The molecule has 3 rings (SSSR count). The van der Waals surface area contributed by atoms with E-state index in [1.807, 2.05) is 0 Å². The Morgan fingerprint density at radius 3 is 1.50 bits per heavy atom. The van der Waals surface area contributed by atoms with Crippen LogP contribution in [0.5, 0.6) is 0 Å². The quantitative estimate of drug-likeness (QED) is 0.173. The van der Waals surface area contributed by atoms with E-state index in [1.165, 1.54) is 83.7 Å². The number of carbonyl (C=O) groups is 2. The summed E-state index contributed by atoms with van der Waals surface area (Å²) in [7, 11) is 0. The molecule has 2 nitrogen and oxygen atoms in total. The third-order valence-electron chi connectivity index (χ3n) is 6.36. The van der Waals surface area contributed by atoms with Gasteiger partial charge in [-0.1, -0.05) is 49.5 Å². The van der Waals surface area contributed by atoms with Crippen LogP contribution < -0.4 is 0 Å². The molecular weight excluding hydrogens is 601 g/mol. The molecule has 0 aromatic rings. The molecule has 0 spiro atoms.